The lowest BCUT2D eigenvalue weighted by atomic mass is 10.0. The van der Waals surface area contributed by atoms with Crippen LogP contribution in [0.15, 0.2) is 85.9 Å². The molecule has 4 aromatic rings. The highest BCUT2D eigenvalue weighted by molar-refractivity contribution is 8.03. The summed E-state index contributed by atoms with van der Waals surface area (Å²) in [5.74, 6) is 0. The summed E-state index contributed by atoms with van der Waals surface area (Å²) in [7, 11) is 2.05. The number of fused-ring (bicyclic) bond motifs is 4. The van der Waals surface area contributed by atoms with E-state index in [0.717, 1.165) is 26.8 Å². The van der Waals surface area contributed by atoms with Crippen molar-refractivity contribution in [2.24, 2.45) is 0 Å². The van der Waals surface area contributed by atoms with Gasteiger partial charge in [0.15, 0.2) is 0 Å². The summed E-state index contributed by atoms with van der Waals surface area (Å²) in [4.78, 5) is 15.6. The number of thioether (sulfide) groups is 1. The van der Waals surface area contributed by atoms with Crippen LogP contribution < -0.4 is 10.5 Å². The molecule has 0 aliphatic carbocycles. The average molecular weight is 357 g/mol. The number of benzene rings is 3. The minimum absolute atomic E-state index is 0.330. The first-order valence-corrected chi connectivity index (χ1v) is 9.20. The molecule has 2 heterocycles. The quantitative estimate of drug-likeness (QED) is 0.333. The number of rotatable bonds is 1. The molecule has 4 heteroatoms. The number of nitrogens with zero attached hydrogens (tertiary/aromatic N) is 1. The fourth-order valence-corrected chi connectivity index (χ4v) is 4.52. The second kappa shape index (κ2) is 5.78. The van der Waals surface area contributed by atoms with Crippen molar-refractivity contribution < 1.29 is 4.42 Å². The average Bonchev–Trinajstić information content (AvgIpc) is 2.97. The molecule has 0 saturated carbocycles. The Morgan fingerprint density at radius 3 is 2.65 bits per heavy atom. The van der Waals surface area contributed by atoms with Crippen LogP contribution in [0.2, 0.25) is 0 Å². The molecular weight excluding hydrogens is 342 g/mol. The minimum atomic E-state index is -0.330. The van der Waals surface area contributed by atoms with E-state index >= 15 is 0 Å². The fourth-order valence-electron chi connectivity index (χ4n) is 3.41. The molecule has 0 atom stereocenters. The maximum Gasteiger partial charge on any atom is 0.336 e. The van der Waals surface area contributed by atoms with Crippen LogP contribution in [0.25, 0.3) is 27.8 Å². The summed E-state index contributed by atoms with van der Waals surface area (Å²) in [5.41, 5.74) is 2.38. The van der Waals surface area contributed by atoms with Gasteiger partial charge >= 0.3 is 5.63 Å². The minimum Gasteiger partial charge on any atom is -0.422 e. The third-order valence-corrected chi connectivity index (χ3v) is 5.88. The monoisotopic (exact) mass is 357 g/mol. The van der Waals surface area contributed by atoms with Gasteiger partial charge in [-0.05, 0) is 35.2 Å². The molecule has 3 aromatic carbocycles. The predicted octanol–water partition coefficient (Wildman–Crippen LogP) is 5.49. The Hall–Kier alpha value is -2.98. The van der Waals surface area contributed by atoms with Crippen LogP contribution >= 0.6 is 11.8 Å². The molecule has 0 N–H and O–H groups in total. The summed E-state index contributed by atoms with van der Waals surface area (Å²) >= 11 is 1.71. The zero-order chi connectivity index (χ0) is 17.7. The molecule has 5 rings (SSSR count). The summed E-state index contributed by atoms with van der Waals surface area (Å²) in [6.45, 7) is 0. The van der Waals surface area contributed by atoms with Crippen molar-refractivity contribution in [3.05, 3.63) is 87.7 Å². The lowest BCUT2D eigenvalue weighted by Gasteiger charge is -2.13. The Balaban J connectivity index is 1.73. The molecule has 1 aliphatic heterocycles. The SMILES string of the molecule is CN1/C(=C/c2cc(=O)oc3c2ccc2ccccc23)Sc2ccccc21. The van der Waals surface area contributed by atoms with E-state index in [1.54, 1.807) is 17.8 Å². The third kappa shape index (κ3) is 2.34. The molecule has 0 spiro atoms. The molecule has 1 aromatic heterocycles. The smallest absolute Gasteiger partial charge is 0.336 e. The third-order valence-electron chi connectivity index (χ3n) is 4.72. The standard InChI is InChI=1S/C22H15NO2S/c1-23-18-8-4-5-9-19(18)26-20(23)12-15-13-21(24)25-22-16-7-3-2-6-14(16)10-11-17(15)22/h2-13H,1H3/b20-12-. The fraction of sp³-hybridized carbons (Fsp3) is 0.0455. The normalized spacial score (nSPS) is 15.1. The summed E-state index contributed by atoms with van der Waals surface area (Å²) < 4.78 is 5.56. The largest absolute Gasteiger partial charge is 0.422 e. The van der Waals surface area contributed by atoms with Gasteiger partial charge in [-0.2, -0.15) is 0 Å². The van der Waals surface area contributed by atoms with Gasteiger partial charge in [0.25, 0.3) is 0 Å². The topological polar surface area (TPSA) is 33.5 Å². The molecule has 26 heavy (non-hydrogen) atoms. The summed E-state index contributed by atoms with van der Waals surface area (Å²) in [5, 5.41) is 4.05. The Labute approximate surface area is 154 Å². The van der Waals surface area contributed by atoms with Crippen molar-refractivity contribution in [1.29, 1.82) is 0 Å². The summed E-state index contributed by atoms with van der Waals surface area (Å²) in [6, 6.07) is 21.9. The van der Waals surface area contributed by atoms with Crippen molar-refractivity contribution in [3.63, 3.8) is 0 Å². The molecule has 3 nitrogen and oxygen atoms in total. The first-order chi connectivity index (χ1) is 12.7. The Morgan fingerprint density at radius 2 is 1.77 bits per heavy atom. The summed E-state index contributed by atoms with van der Waals surface area (Å²) in [6.07, 6.45) is 2.07. The second-order valence-electron chi connectivity index (χ2n) is 6.30. The molecule has 126 valence electrons. The van der Waals surface area contributed by atoms with E-state index in [9.17, 15) is 4.79 Å². The number of hydrogen-bond donors (Lipinski definition) is 0. The highest BCUT2D eigenvalue weighted by Gasteiger charge is 2.21. The van der Waals surface area contributed by atoms with Crippen molar-refractivity contribution in [3.8, 4) is 0 Å². The van der Waals surface area contributed by atoms with Crippen molar-refractivity contribution >= 4 is 45.3 Å². The molecule has 0 radical (unpaired) electrons. The van der Waals surface area contributed by atoms with Gasteiger partial charge in [0.05, 0.1) is 10.7 Å². The van der Waals surface area contributed by atoms with Crippen molar-refractivity contribution in [1.82, 2.24) is 0 Å². The van der Waals surface area contributed by atoms with Crippen LogP contribution in [-0.2, 0) is 0 Å². The van der Waals surface area contributed by atoms with Crippen LogP contribution in [-0.4, -0.2) is 7.05 Å². The Morgan fingerprint density at radius 1 is 0.962 bits per heavy atom. The van der Waals surface area contributed by atoms with Gasteiger partial charge in [0.2, 0.25) is 0 Å². The molecule has 0 fully saturated rings. The predicted molar refractivity (Wildman–Crippen MR) is 109 cm³/mol. The first-order valence-electron chi connectivity index (χ1n) is 8.39. The molecular formula is C22H15NO2S. The zero-order valence-electron chi connectivity index (χ0n) is 14.1. The highest BCUT2D eigenvalue weighted by atomic mass is 32.2. The highest BCUT2D eigenvalue weighted by Crippen LogP contribution is 2.45. The molecule has 0 unspecified atom stereocenters. The van der Waals surface area contributed by atoms with Crippen molar-refractivity contribution in [2.45, 2.75) is 4.90 Å². The van der Waals surface area contributed by atoms with E-state index in [2.05, 4.69) is 29.2 Å². The van der Waals surface area contributed by atoms with Gasteiger partial charge in [-0.3, -0.25) is 0 Å². The van der Waals surface area contributed by atoms with E-state index in [1.165, 1.54) is 10.6 Å². The van der Waals surface area contributed by atoms with Gasteiger partial charge < -0.3 is 9.32 Å². The van der Waals surface area contributed by atoms with Gasteiger partial charge in [0, 0.05) is 28.8 Å². The lowest BCUT2D eigenvalue weighted by molar-refractivity contribution is 0.564. The van der Waals surface area contributed by atoms with E-state index in [0.29, 0.717) is 5.58 Å². The first kappa shape index (κ1) is 15.3. The van der Waals surface area contributed by atoms with Gasteiger partial charge in [0.1, 0.15) is 5.58 Å². The Bertz CT molecular complexity index is 1260. The van der Waals surface area contributed by atoms with Crippen LogP contribution in [0, 0.1) is 0 Å². The van der Waals surface area contributed by atoms with E-state index in [4.69, 9.17) is 4.42 Å². The number of para-hydroxylation sites is 1. The van der Waals surface area contributed by atoms with E-state index in [-0.39, 0.29) is 5.63 Å². The van der Waals surface area contributed by atoms with Crippen LogP contribution in [0.1, 0.15) is 5.56 Å². The maximum absolute atomic E-state index is 12.2. The van der Waals surface area contributed by atoms with Crippen LogP contribution in [0.5, 0.6) is 0 Å². The van der Waals surface area contributed by atoms with Gasteiger partial charge in [-0.25, -0.2) is 4.79 Å². The zero-order valence-corrected chi connectivity index (χ0v) is 14.9. The lowest BCUT2D eigenvalue weighted by Crippen LogP contribution is -2.09. The molecule has 0 bridgehead atoms. The van der Waals surface area contributed by atoms with Crippen LogP contribution in [0.3, 0.4) is 0 Å². The van der Waals surface area contributed by atoms with E-state index in [1.807, 2.05) is 49.5 Å². The van der Waals surface area contributed by atoms with Crippen molar-refractivity contribution in [2.75, 3.05) is 11.9 Å². The van der Waals surface area contributed by atoms with Gasteiger partial charge in [-0.1, -0.05) is 54.2 Å². The second-order valence-corrected chi connectivity index (χ2v) is 7.36. The van der Waals surface area contributed by atoms with Gasteiger partial charge in [-0.15, -0.1) is 0 Å². The van der Waals surface area contributed by atoms with Crippen LogP contribution in [0.4, 0.5) is 5.69 Å². The number of anilines is 1. The molecule has 0 amide bonds. The number of hydrogen-bond acceptors (Lipinski definition) is 4. The Kier molecular flexibility index (Phi) is 3.40. The van der Waals surface area contributed by atoms with E-state index < -0.39 is 0 Å². The molecule has 1 aliphatic rings. The molecule has 0 saturated heterocycles. The maximum atomic E-state index is 12.2.